The minimum Gasteiger partial charge on any atom is -0.341 e. The Balaban J connectivity index is 1.95. The molecule has 0 atom stereocenters. The summed E-state index contributed by atoms with van der Waals surface area (Å²) in [7, 11) is -3.17. The maximum Gasteiger partial charge on any atom is 0.227 e. The zero-order valence-corrected chi connectivity index (χ0v) is 15.3. The third-order valence-electron chi connectivity index (χ3n) is 4.08. The highest BCUT2D eigenvalue weighted by Gasteiger charge is 2.25. The Morgan fingerprint density at radius 2 is 1.83 bits per heavy atom. The Labute approximate surface area is 143 Å². The Morgan fingerprint density at radius 1 is 1.13 bits per heavy atom. The molecule has 0 radical (unpaired) electrons. The summed E-state index contributed by atoms with van der Waals surface area (Å²) in [4.78, 5) is 15.4. The van der Waals surface area contributed by atoms with E-state index in [9.17, 15) is 13.2 Å². The first-order valence-electron chi connectivity index (χ1n) is 7.85. The van der Waals surface area contributed by atoms with Crippen molar-refractivity contribution in [1.29, 1.82) is 0 Å². The highest BCUT2D eigenvalue weighted by atomic mass is 32.2. The van der Waals surface area contributed by atoms with Gasteiger partial charge in [-0.25, -0.2) is 12.7 Å². The van der Waals surface area contributed by atoms with Gasteiger partial charge in [-0.3, -0.25) is 4.79 Å². The summed E-state index contributed by atoms with van der Waals surface area (Å²) < 4.78 is 25.4. The second-order valence-electron chi connectivity index (χ2n) is 5.56. The summed E-state index contributed by atoms with van der Waals surface area (Å²) in [5.41, 5.74) is 0.995. The van der Waals surface area contributed by atoms with E-state index in [1.807, 2.05) is 30.5 Å². The molecule has 23 heavy (non-hydrogen) atoms. The molecule has 2 rings (SSSR count). The van der Waals surface area contributed by atoms with Crippen molar-refractivity contribution in [1.82, 2.24) is 9.21 Å². The zero-order chi connectivity index (χ0) is 16.9. The highest BCUT2D eigenvalue weighted by molar-refractivity contribution is 7.98. The number of benzene rings is 1. The Kier molecular flexibility index (Phi) is 6.50. The average molecular weight is 357 g/mol. The van der Waals surface area contributed by atoms with Gasteiger partial charge in [0, 0.05) is 31.1 Å². The van der Waals surface area contributed by atoms with E-state index in [1.165, 1.54) is 9.20 Å². The summed E-state index contributed by atoms with van der Waals surface area (Å²) in [6.07, 6.45) is 3.08. The first kappa shape index (κ1) is 18.3. The van der Waals surface area contributed by atoms with Crippen molar-refractivity contribution in [3.05, 3.63) is 29.8 Å². The molecule has 0 unspecified atom stereocenters. The largest absolute Gasteiger partial charge is 0.341 e. The number of carbonyl (C=O) groups excluding carboxylic acids is 1. The van der Waals surface area contributed by atoms with Crippen LogP contribution in [0.2, 0.25) is 0 Å². The van der Waals surface area contributed by atoms with Gasteiger partial charge in [0.05, 0.1) is 12.2 Å². The van der Waals surface area contributed by atoms with Gasteiger partial charge in [-0.1, -0.05) is 12.1 Å². The van der Waals surface area contributed by atoms with Crippen LogP contribution in [0.5, 0.6) is 0 Å². The molecule has 1 aromatic rings. The second kappa shape index (κ2) is 8.17. The van der Waals surface area contributed by atoms with Crippen molar-refractivity contribution in [3.8, 4) is 0 Å². The lowest BCUT2D eigenvalue weighted by Gasteiger charge is -2.21. The summed E-state index contributed by atoms with van der Waals surface area (Å²) >= 11 is 1.67. The molecule has 1 saturated heterocycles. The van der Waals surface area contributed by atoms with E-state index in [1.54, 1.807) is 23.6 Å². The third kappa shape index (κ3) is 4.96. The van der Waals surface area contributed by atoms with Crippen LogP contribution in [0.1, 0.15) is 18.9 Å². The Bertz CT molecular complexity index is 629. The number of sulfonamides is 1. The molecule has 1 aromatic carbocycles. The molecular formula is C16H24N2O3S2. The molecule has 1 aliphatic heterocycles. The van der Waals surface area contributed by atoms with Crippen molar-refractivity contribution >= 4 is 27.7 Å². The van der Waals surface area contributed by atoms with Crippen molar-refractivity contribution in [3.63, 3.8) is 0 Å². The van der Waals surface area contributed by atoms with E-state index in [-0.39, 0.29) is 11.7 Å². The van der Waals surface area contributed by atoms with E-state index >= 15 is 0 Å². The highest BCUT2D eigenvalue weighted by Crippen LogP contribution is 2.16. The molecule has 1 amide bonds. The summed E-state index contributed by atoms with van der Waals surface area (Å²) in [5, 5.41) is 0. The second-order valence-corrected chi connectivity index (χ2v) is 8.70. The topological polar surface area (TPSA) is 57.7 Å². The van der Waals surface area contributed by atoms with Crippen LogP contribution in [0.25, 0.3) is 0 Å². The molecule has 0 bridgehead atoms. The summed E-state index contributed by atoms with van der Waals surface area (Å²) in [6.45, 7) is 3.65. The van der Waals surface area contributed by atoms with Crippen molar-refractivity contribution in [2.45, 2.75) is 24.7 Å². The number of hydrogen-bond donors (Lipinski definition) is 0. The van der Waals surface area contributed by atoms with Gasteiger partial charge in [-0.15, -0.1) is 11.8 Å². The molecule has 7 heteroatoms. The smallest absolute Gasteiger partial charge is 0.227 e. The van der Waals surface area contributed by atoms with Crippen LogP contribution in [0.3, 0.4) is 0 Å². The SMILES string of the molecule is CCS(=O)(=O)N1CCCN(C(=O)Cc2ccc(SC)cc2)CC1. The predicted octanol–water partition coefficient (Wildman–Crippen LogP) is 1.83. The molecule has 1 aliphatic rings. The Morgan fingerprint density at radius 3 is 2.43 bits per heavy atom. The van der Waals surface area contributed by atoms with Crippen LogP contribution >= 0.6 is 11.8 Å². The van der Waals surface area contributed by atoms with Gasteiger partial charge in [0.25, 0.3) is 0 Å². The van der Waals surface area contributed by atoms with Gasteiger partial charge in [0.2, 0.25) is 15.9 Å². The average Bonchev–Trinajstić information content (AvgIpc) is 2.82. The lowest BCUT2D eigenvalue weighted by molar-refractivity contribution is -0.130. The molecule has 0 N–H and O–H groups in total. The number of rotatable bonds is 5. The van der Waals surface area contributed by atoms with E-state index in [4.69, 9.17) is 0 Å². The van der Waals surface area contributed by atoms with E-state index in [0.29, 0.717) is 39.0 Å². The van der Waals surface area contributed by atoms with Gasteiger partial charge in [-0.05, 0) is 37.3 Å². The third-order valence-corrected chi connectivity index (χ3v) is 6.71. The Hall–Kier alpha value is -1.05. The fourth-order valence-electron chi connectivity index (χ4n) is 2.63. The fourth-order valence-corrected chi connectivity index (χ4v) is 4.17. The van der Waals surface area contributed by atoms with Gasteiger partial charge in [0.1, 0.15) is 0 Å². The molecule has 0 spiro atoms. The van der Waals surface area contributed by atoms with Gasteiger partial charge in [-0.2, -0.15) is 0 Å². The predicted molar refractivity (Wildman–Crippen MR) is 94.2 cm³/mol. The van der Waals surface area contributed by atoms with Crippen LogP contribution < -0.4 is 0 Å². The maximum atomic E-state index is 12.5. The first-order chi connectivity index (χ1) is 11.0. The lowest BCUT2D eigenvalue weighted by Crippen LogP contribution is -2.38. The minimum absolute atomic E-state index is 0.0673. The molecule has 1 fully saturated rings. The van der Waals surface area contributed by atoms with Crippen LogP contribution in [0, 0.1) is 0 Å². The molecule has 1 heterocycles. The van der Waals surface area contributed by atoms with Crippen molar-refractivity contribution in [2.75, 3.05) is 38.2 Å². The summed E-state index contributed by atoms with van der Waals surface area (Å²) in [6, 6.07) is 8.00. The van der Waals surface area contributed by atoms with Gasteiger partial charge in [0.15, 0.2) is 0 Å². The van der Waals surface area contributed by atoms with E-state index < -0.39 is 10.0 Å². The quantitative estimate of drug-likeness (QED) is 0.756. The molecule has 0 saturated carbocycles. The number of thioether (sulfide) groups is 1. The van der Waals surface area contributed by atoms with Crippen molar-refractivity contribution < 1.29 is 13.2 Å². The van der Waals surface area contributed by atoms with Crippen LogP contribution in [-0.2, 0) is 21.2 Å². The molecule has 0 aromatic heterocycles. The van der Waals surface area contributed by atoms with Crippen molar-refractivity contribution in [2.24, 2.45) is 0 Å². The number of hydrogen-bond acceptors (Lipinski definition) is 4. The first-order valence-corrected chi connectivity index (χ1v) is 10.7. The zero-order valence-electron chi connectivity index (χ0n) is 13.7. The van der Waals surface area contributed by atoms with Crippen LogP contribution in [0.4, 0.5) is 0 Å². The standard InChI is InChI=1S/C16H24N2O3S2/c1-3-23(20,21)18-10-4-9-17(11-12-18)16(19)13-14-5-7-15(22-2)8-6-14/h5-8H,3-4,9-13H2,1-2H3. The monoisotopic (exact) mass is 356 g/mol. The van der Waals surface area contributed by atoms with Gasteiger partial charge < -0.3 is 4.90 Å². The number of nitrogens with zero attached hydrogens (tertiary/aromatic N) is 2. The molecule has 128 valence electrons. The lowest BCUT2D eigenvalue weighted by atomic mass is 10.1. The van der Waals surface area contributed by atoms with Gasteiger partial charge >= 0.3 is 0 Å². The van der Waals surface area contributed by atoms with E-state index in [2.05, 4.69) is 0 Å². The summed E-state index contributed by atoms with van der Waals surface area (Å²) in [5.74, 6) is 0.181. The van der Waals surface area contributed by atoms with Crippen LogP contribution in [0.15, 0.2) is 29.2 Å². The molecule has 0 aliphatic carbocycles. The maximum absolute atomic E-state index is 12.5. The number of amides is 1. The molecular weight excluding hydrogens is 332 g/mol. The van der Waals surface area contributed by atoms with E-state index in [0.717, 1.165) is 5.56 Å². The fraction of sp³-hybridized carbons (Fsp3) is 0.562. The normalized spacial score (nSPS) is 17.0. The number of carbonyl (C=O) groups is 1. The minimum atomic E-state index is -3.17. The van der Waals surface area contributed by atoms with Crippen LogP contribution in [-0.4, -0.2) is 61.7 Å². The molecule has 5 nitrogen and oxygen atoms in total.